The highest BCUT2D eigenvalue weighted by Gasteiger charge is 2.19. The van der Waals surface area contributed by atoms with Crippen molar-refractivity contribution in [1.29, 1.82) is 0 Å². The molecule has 0 bridgehead atoms. The highest BCUT2D eigenvalue weighted by atomic mass is 79.9. The third-order valence-corrected chi connectivity index (χ3v) is 2.67. The minimum atomic E-state index is -0.296. The minimum Gasteiger partial charge on any atom is -0.488 e. The summed E-state index contributed by atoms with van der Waals surface area (Å²) in [7, 11) is 0. The summed E-state index contributed by atoms with van der Waals surface area (Å²) in [5, 5.41) is 3.21. The van der Waals surface area contributed by atoms with Gasteiger partial charge in [-0.05, 0) is 35.0 Å². The van der Waals surface area contributed by atoms with Crippen LogP contribution in [-0.2, 0) is 0 Å². The predicted molar refractivity (Wildman–Crippen MR) is 52.7 cm³/mol. The van der Waals surface area contributed by atoms with Crippen LogP contribution < -0.4 is 10.1 Å². The number of halogens is 2. The molecule has 1 aromatic rings. The van der Waals surface area contributed by atoms with Crippen molar-refractivity contribution in [3.8, 4) is 5.75 Å². The Morgan fingerprint density at radius 2 is 2.38 bits per heavy atom. The van der Waals surface area contributed by atoms with Gasteiger partial charge in [-0.15, -0.1) is 0 Å². The zero-order valence-corrected chi connectivity index (χ0v) is 8.69. The van der Waals surface area contributed by atoms with Gasteiger partial charge in [0.1, 0.15) is 12.4 Å². The molecule has 0 spiro atoms. The van der Waals surface area contributed by atoms with Crippen LogP contribution in [0.1, 0.15) is 6.92 Å². The molecule has 2 nitrogen and oxygen atoms in total. The average Bonchev–Trinajstić information content (AvgIpc) is 2.12. The lowest BCUT2D eigenvalue weighted by Crippen LogP contribution is -2.28. The molecular formula is C9H9BrFNO. The Morgan fingerprint density at radius 1 is 1.62 bits per heavy atom. The van der Waals surface area contributed by atoms with Crippen molar-refractivity contribution in [2.24, 2.45) is 0 Å². The second kappa shape index (κ2) is 3.18. The molecule has 0 aliphatic carbocycles. The monoisotopic (exact) mass is 245 g/mol. The molecular weight excluding hydrogens is 237 g/mol. The molecule has 1 N–H and O–H groups in total. The summed E-state index contributed by atoms with van der Waals surface area (Å²) in [6.45, 7) is 2.58. The van der Waals surface area contributed by atoms with Crippen molar-refractivity contribution < 1.29 is 9.13 Å². The maximum Gasteiger partial charge on any atom is 0.159 e. The van der Waals surface area contributed by atoms with E-state index in [2.05, 4.69) is 21.2 Å². The fourth-order valence-electron chi connectivity index (χ4n) is 1.30. The lowest BCUT2D eigenvalue weighted by atomic mass is 10.2. The summed E-state index contributed by atoms with van der Waals surface area (Å²) in [5.74, 6) is 0.271. The summed E-state index contributed by atoms with van der Waals surface area (Å²) in [5.41, 5.74) is 0.840. The molecule has 0 saturated heterocycles. The van der Waals surface area contributed by atoms with Crippen LogP contribution in [0.25, 0.3) is 0 Å². The first-order valence-corrected chi connectivity index (χ1v) is 4.85. The van der Waals surface area contributed by atoms with Crippen LogP contribution in [0, 0.1) is 5.82 Å². The second-order valence-corrected chi connectivity index (χ2v) is 3.89. The molecule has 0 saturated carbocycles. The number of nitrogens with one attached hydrogen (secondary N) is 1. The van der Waals surface area contributed by atoms with E-state index in [4.69, 9.17) is 4.74 Å². The van der Waals surface area contributed by atoms with E-state index in [1.165, 1.54) is 6.07 Å². The van der Waals surface area contributed by atoms with Crippen LogP contribution in [0.3, 0.4) is 0 Å². The van der Waals surface area contributed by atoms with Gasteiger partial charge < -0.3 is 10.1 Å². The van der Waals surface area contributed by atoms with Gasteiger partial charge in [0.15, 0.2) is 5.75 Å². The van der Waals surface area contributed by atoms with Gasteiger partial charge in [-0.1, -0.05) is 0 Å². The molecule has 13 heavy (non-hydrogen) atoms. The first kappa shape index (κ1) is 8.81. The van der Waals surface area contributed by atoms with E-state index < -0.39 is 0 Å². The standard InChI is InChI=1S/C9H9BrFNO/c1-5-4-13-9-7(12-5)3-2-6(11)8(9)10/h2-3,5,12H,4H2,1H3. The van der Waals surface area contributed by atoms with E-state index in [0.29, 0.717) is 16.8 Å². The van der Waals surface area contributed by atoms with E-state index in [-0.39, 0.29) is 11.9 Å². The number of fused-ring (bicyclic) bond motifs is 1. The van der Waals surface area contributed by atoms with E-state index in [0.717, 1.165) is 5.69 Å². The number of hydrogen-bond donors (Lipinski definition) is 1. The Bertz CT molecular complexity index is 343. The van der Waals surface area contributed by atoms with Gasteiger partial charge in [0.25, 0.3) is 0 Å². The zero-order valence-electron chi connectivity index (χ0n) is 7.10. The number of ether oxygens (including phenoxy) is 1. The van der Waals surface area contributed by atoms with Crippen molar-refractivity contribution in [2.45, 2.75) is 13.0 Å². The predicted octanol–water partition coefficient (Wildman–Crippen LogP) is 2.78. The Labute approximate surface area is 84.2 Å². The third kappa shape index (κ3) is 1.50. The maximum absolute atomic E-state index is 13.0. The lowest BCUT2D eigenvalue weighted by Gasteiger charge is -2.25. The minimum absolute atomic E-state index is 0.268. The van der Waals surface area contributed by atoms with Crippen molar-refractivity contribution in [3.63, 3.8) is 0 Å². The SMILES string of the molecule is CC1COc2c(ccc(F)c2Br)N1. The van der Waals surface area contributed by atoms with Crippen molar-refractivity contribution in [2.75, 3.05) is 11.9 Å². The number of rotatable bonds is 0. The number of anilines is 1. The molecule has 0 amide bonds. The Balaban J connectivity index is 2.47. The number of hydrogen-bond acceptors (Lipinski definition) is 2. The molecule has 2 rings (SSSR count). The molecule has 1 aromatic carbocycles. The molecule has 1 aliphatic rings. The van der Waals surface area contributed by atoms with Crippen LogP contribution >= 0.6 is 15.9 Å². The quantitative estimate of drug-likeness (QED) is 0.759. The average molecular weight is 246 g/mol. The summed E-state index contributed by atoms with van der Waals surface area (Å²) in [6.07, 6.45) is 0. The fraction of sp³-hybridized carbons (Fsp3) is 0.333. The van der Waals surface area contributed by atoms with Crippen molar-refractivity contribution in [1.82, 2.24) is 0 Å². The Kier molecular flexibility index (Phi) is 2.15. The van der Waals surface area contributed by atoms with Crippen LogP contribution in [0.15, 0.2) is 16.6 Å². The third-order valence-electron chi connectivity index (χ3n) is 1.93. The zero-order chi connectivity index (χ0) is 9.42. The molecule has 0 radical (unpaired) electrons. The summed E-state index contributed by atoms with van der Waals surface area (Å²) >= 11 is 3.15. The summed E-state index contributed by atoms with van der Waals surface area (Å²) in [6, 6.07) is 3.37. The fourth-order valence-corrected chi connectivity index (χ4v) is 1.76. The number of benzene rings is 1. The van der Waals surface area contributed by atoms with Crippen LogP contribution in [0.4, 0.5) is 10.1 Å². The smallest absolute Gasteiger partial charge is 0.159 e. The largest absolute Gasteiger partial charge is 0.488 e. The molecule has 1 atom stereocenters. The Hall–Kier alpha value is -0.770. The van der Waals surface area contributed by atoms with Gasteiger partial charge in [-0.2, -0.15) is 0 Å². The van der Waals surface area contributed by atoms with Gasteiger partial charge in [0.2, 0.25) is 0 Å². The van der Waals surface area contributed by atoms with E-state index in [1.54, 1.807) is 6.07 Å². The van der Waals surface area contributed by atoms with Gasteiger partial charge in [0, 0.05) is 0 Å². The molecule has 4 heteroatoms. The molecule has 0 aromatic heterocycles. The van der Waals surface area contributed by atoms with Gasteiger partial charge in [0.05, 0.1) is 16.2 Å². The van der Waals surface area contributed by atoms with Gasteiger partial charge in [-0.3, -0.25) is 0 Å². The first-order chi connectivity index (χ1) is 6.18. The normalized spacial score (nSPS) is 20.1. The van der Waals surface area contributed by atoms with Gasteiger partial charge >= 0.3 is 0 Å². The molecule has 0 fully saturated rings. The van der Waals surface area contributed by atoms with E-state index in [1.807, 2.05) is 6.92 Å². The summed E-state index contributed by atoms with van der Waals surface area (Å²) < 4.78 is 18.8. The first-order valence-electron chi connectivity index (χ1n) is 4.06. The highest BCUT2D eigenvalue weighted by molar-refractivity contribution is 9.10. The molecule has 1 unspecified atom stereocenters. The highest BCUT2D eigenvalue weighted by Crippen LogP contribution is 2.37. The maximum atomic E-state index is 13.0. The van der Waals surface area contributed by atoms with Crippen molar-refractivity contribution in [3.05, 3.63) is 22.4 Å². The van der Waals surface area contributed by atoms with E-state index >= 15 is 0 Å². The van der Waals surface area contributed by atoms with Crippen LogP contribution in [-0.4, -0.2) is 12.6 Å². The molecule has 70 valence electrons. The lowest BCUT2D eigenvalue weighted by molar-refractivity contribution is 0.288. The second-order valence-electron chi connectivity index (χ2n) is 3.09. The topological polar surface area (TPSA) is 21.3 Å². The van der Waals surface area contributed by atoms with Crippen LogP contribution in [0.2, 0.25) is 0 Å². The molecule has 1 aliphatic heterocycles. The summed E-state index contributed by atoms with van der Waals surface area (Å²) in [4.78, 5) is 0. The molecule has 1 heterocycles. The van der Waals surface area contributed by atoms with Gasteiger partial charge in [-0.25, -0.2) is 4.39 Å². The Morgan fingerprint density at radius 3 is 3.15 bits per heavy atom. The van der Waals surface area contributed by atoms with E-state index in [9.17, 15) is 4.39 Å². The van der Waals surface area contributed by atoms with Crippen molar-refractivity contribution >= 4 is 21.6 Å². The van der Waals surface area contributed by atoms with Crippen LogP contribution in [0.5, 0.6) is 5.75 Å².